The van der Waals surface area contributed by atoms with Crippen molar-refractivity contribution in [2.45, 2.75) is 17.9 Å². The van der Waals surface area contributed by atoms with E-state index in [9.17, 15) is 22.4 Å². The van der Waals surface area contributed by atoms with Gasteiger partial charge in [0, 0.05) is 0 Å². The highest BCUT2D eigenvalue weighted by atomic mass is 32.2. The number of anilines is 1. The van der Waals surface area contributed by atoms with Crippen LogP contribution in [0.5, 0.6) is 0 Å². The van der Waals surface area contributed by atoms with Crippen molar-refractivity contribution in [3.8, 4) is 0 Å². The van der Waals surface area contributed by atoms with Gasteiger partial charge in [-0.3, -0.25) is 4.72 Å². The van der Waals surface area contributed by atoms with Crippen LogP contribution in [0.1, 0.15) is 17.3 Å². The number of methoxy groups -OCH3 is 1. The van der Waals surface area contributed by atoms with Crippen LogP contribution in [0.15, 0.2) is 53.4 Å². The molecule has 0 saturated heterocycles. The number of hydrogen-bond donors (Lipinski definition) is 1. The van der Waals surface area contributed by atoms with Gasteiger partial charge in [-0.05, 0) is 43.3 Å². The van der Waals surface area contributed by atoms with Crippen LogP contribution >= 0.6 is 0 Å². The quantitative estimate of drug-likeness (QED) is 0.771. The number of carbonyl (C=O) groups excluding carboxylic acids is 2. The van der Waals surface area contributed by atoms with Gasteiger partial charge in [0.05, 0.1) is 23.3 Å². The number of hydrogen-bond acceptors (Lipinski definition) is 6. The van der Waals surface area contributed by atoms with Crippen molar-refractivity contribution in [1.29, 1.82) is 0 Å². The fourth-order valence-corrected chi connectivity index (χ4v) is 3.09. The number of halogens is 1. The van der Waals surface area contributed by atoms with Crippen LogP contribution < -0.4 is 4.72 Å². The van der Waals surface area contributed by atoms with Crippen molar-refractivity contribution >= 4 is 27.6 Å². The summed E-state index contributed by atoms with van der Waals surface area (Å²) in [6, 6.07) is 9.93. The summed E-state index contributed by atoms with van der Waals surface area (Å²) >= 11 is 0. The standard InChI is InChI=1S/C17H16FNO6S/c1-11(16(20)24-2)25-17(21)14-5-3-4-6-15(14)19-26(22,23)13-9-7-12(18)8-10-13/h3-11,19H,1-2H3/t11-/m0/s1. The Bertz CT molecular complexity index is 911. The number of esters is 2. The third kappa shape index (κ3) is 4.57. The zero-order valence-corrected chi connectivity index (χ0v) is 14.7. The molecule has 0 aliphatic carbocycles. The number of benzene rings is 2. The highest BCUT2D eigenvalue weighted by molar-refractivity contribution is 7.92. The molecular weight excluding hydrogens is 365 g/mol. The summed E-state index contributed by atoms with van der Waals surface area (Å²) in [7, 11) is -2.90. The van der Waals surface area contributed by atoms with E-state index < -0.39 is 33.9 Å². The molecule has 0 amide bonds. The lowest BCUT2D eigenvalue weighted by molar-refractivity contribution is -0.149. The summed E-state index contributed by atoms with van der Waals surface area (Å²) < 4.78 is 49.5. The fourth-order valence-electron chi connectivity index (χ4n) is 2.01. The van der Waals surface area contributed by atoms with Gasteiger partial charge in [-0.2, -0.15) is 0 Å². The molecule has 0 aliphatic heterocycles. The molecule has 138 valence electrons. The third-order valence-corrected chi connectivity index (χ3v) is 4.71. The fraction of sp³-hybridized carbons (Fsp3) is 0.176. The summed E-state index contributed by atoms with van der Waals surface area (Å²) in [6.45, 7) is 1.33. The Morgan fingerprint density at radius 1 is 1.08 bits per heavy atom. The normalized spacial score (nSPS) is 12.1. The number of sulfonamides is 1. The second kappa shape index (κ2) is 7.96. The van der Waals surface area contributed by atoms with Crippen molar-refractivity contribution < 1.29 is 31.9 Å². The van der Waals surface area contributed by atoms with Gasteiger partial charge in [-0.1, -0.05) is 12.1 Å². The molecule has 1 N–H and O–H groups in total. The van der Waals surface area contributed by atoms with Crippen LogP contribution in [0.25, 0.3) is 0 Å². The molecule has 0 saturated carbocycles. The van der Waals surface area contributed by atoms with Crippen molar-refractivity contribution in [1.82, 2.24) is 0 Å². The monoisotopic (exact) mass is 381 g/mol. The molecular formula is C17H16FNO6S. The maximum absolute atomic E-state index is 13.0. The molecule has 2 aromatic rings. The van der Waals surface area contributed by atoms with E-state index in [1.54, 1.807) is 0 Å². The first-order valence-corrected chi connectivity index (χ1v) is 8.89. The number of nitrogens with one attached hydrogen (secondary N) is 1. The summed E-state index contributed by atoms with van der Waals surface area (Å²) in [5.74, 6) is -2.23. The van der Waals surface area contributed by atoms with E-state index in [4.69, 9.17) is 4.74 Å². The van der Waals surface area contributed by atoms with E-state index in [-0.39, 0.29) is 16.1 Å². The molecule has 0 radical (unpaired) electrons. The van der Waals surface area contributed by atoms with Crippen molar-refractivity contribution in [2.24, 2.45) is 0 Å². The smallest absolute Gasteiger partial charge is 0.346 e. The highest BCUT2D eigenvalue weighted by Crippen LogP contribution is 2.21. The molecule has 0 unspecified atom stereocenters. The van der Waals surface area contributed by atoms with E-state index in [0.29, 0.717) is 0 Å². The van der Waals surface area contributed by atoms with E-state index in [0.717, 1.165) is 31.4 Å². The Morgan fingerprint density at radius 2 is 1.69 bits per heavy atom. The van der Waals surface area contributed by atoms with Gasteiger partial charge >= 0.3 is 11.9 Å². The molecule has 0 fully saturated rings. The molecule has 0 heterocycles. The first-order valence-electron chi connectivity index (χ1n) is 7.41. The van der Waals surface area contributed by atoms with Gasteiger partial charge in [0.2, 0.25) is 0 Å². The highest BCUT2D eigenvalue weighted by Gasteiger charge is 2.23. The topological polar surface area (TPSA) is 98.8 Å². The number of ether oxygens (including phenoxy) is 2. The largest absolute Gasteiger partial charge is 0.466 e. The van der Waals surface area contributed by atoms with E-state index in [2.05, 4.69) is 9.46 Å². The Balaban J connectivity index is 2.27. The van der Waals surface area contributed by atoms with E-state index in [1.165, 1.54) is 31.2 Å². The van der Waals surface area contributed by atoms with Crippen molar-refractivity contribution in [2.75, 3.05) is 11.8 Å². The van der Waals surface area contributed by atoms with Gasteiger partial charge in [0.25, 0.3) is 10.0 Å². The molecule has 7 nitrogen and oxygen atoms in total. The minimum Gasteiger partial charge on any atom is -0.466 e. The van der Waals surface area contributed by atoms with Gasteiger partial charge in [-0.25, -0.2) is 22.4 Å². The molecule has 2 rings (SSSR count). The average Bonchev–Trinajstić information content (AvgIpc) is 2.61. The first-order chi connectivity index (χ1) is 12.2. The minimum atomic E-state index is -4.05. The molecule has 0 aliphatic rings. The lowest BCUT2D eigenvalue weighted by atomic mass is 10.2. The summed E-state index contributed by atoms with van der Waals surface area (Å²) in [5, 5.41) is 0. The molecule has 9 heteroatoms. The lowest BCUT2D eigenvalue weighted by Gasteiger charge is -2.14. The first kappa shape index (κ1) is 19.4. The second-order valence-electron chi connectivity index (χ2n) is 5.18. The Hall–Kier alpha value is -2.94. The van der Waals surface area contributed by atoms with Crippen LogP contribution in [0.4, 0.5) is 10.1 Å². The summed E-state index contributed by atoms with van der Waals surface area (Å²) in [6.07, 6.45) is -1.16. The van der Waals surface area contributed by atoms with Crippen LogP contribution in [0, 0.1) is 5.82 Å². The third-order valence-electron chi connectivity index (χ3n) is 3.33. The predicted molar refractivity (Wildman–Crippen MR) is 90.5 cm³/mol. The zero-order valence-electron chi connectivity index (χ0n) is 13.9. The van der Waals surface area contributed by atoms with E-state index in [1.807, 2.05) is 0 Å². The van der Waals surface area contributed by atoms with Gasteiger partial charge in [-0.15, -0.1) is 0 Å². The Morgan fingerprint density at radius 3 is 2.31 bits per heavy atom. The average molecular weight is 381 g/mol. The summed E-state index contributed by atoms with van der Waals surface area (Å²) in [5.41, 5.74) is -0.132. The van der Waals surface area contributed by atoms with Crippen molar-refractivity contribution in [3.05, 3.63) is 59.9 Å². The molecule has 0 spiro atoms. The Kier molecular flexibility index (Phi) is 5.93. The van der Waals surface area contributed by atoms with E-state index >= 15 is 0 Å². The van der Waals surface area contributed by atoms with Gasteiger partial charge in [0.15, 0.2) is 6.10 Å². The number of rotatable bonds is 6. The van der Waals surface area contributed by atoms with Crippen LogP contribution in [-0.2, 0) is 24.3 Å². The molecule has 26 heavy (non-hydrogen) atoms. The molecule has 0 bridgehead atoms. The zero-order chi connectivity index (χ0) is 19.3. The second-order valence-corrected chi connectivity index (χ2v) is 6.86. The van der Waals surface area contributed by atoms with Gasteiger partial charge < -0.3 is 9.47 Å². The Labute approximate surface area is 149 Å². The maximum atomic E-state index is 13.0. The minimum absolute atomic E-state index is 0.0427. The van der Waals surface area contributed by atoms with Crippen LogP contribution in [0.3, 0.4) is 0 Å². The lowest BCUT2D eigenvalue weighted by Crippen LogP contribution is -2.26. The summed E-state index contributed by atoms with van der Waals surface area (Å²) in [4.78, 5) is 23.4. The molecule has 2 aromatic carbocycles. The molecule has 1 atom stereocenters. The van der Waals surface area contributed by atoms with Crippen LogP contribution in [-0.4, -0.2) is 33.6 Å². The van der Waals surface area contributed by atoms with Gasteiger partial charge in [0.1, 0.15) is 5.82 Å². The SMILES string of the molecule is COC(=O)[C@H](C)OC(=O)c1ccccc1NS(=O)(=O)c1ccc(F)cc1. The van der Waals surface area contributed by atoms with Crippen molar-refractivity contribution in [3.63, 3.8) is 0 Å². The number of carbonyl (C=O) groups is 2. The molecule has 0 aromatic heterocycles. The maximum Gasteiger partial charge on any atom is 0.346 e. The predicted octanol–water partition coefficient (Wildman–Crippen LogP) is 2.34. The van der Waals surface area contributed by atoms with Crippen LogP contribution in [0.2, 0.25) is 0 Å². The number of para-hydroxylation sites is 1.